The number of rotatable bonds is 7. The molecule has 0 spiro atoms. The minimum Gasteiger partial charge on any atom is -0.369 e. The summed E-state index contributed by atoms with van der Waals surface area (Å²) < 4.78 is 45.7. The fraction of sp³-hybridized carbons (Fsp3) is 0.300. The summed E-state index contributed by atoms with van der Waals surface area (Å²) >= 11 is 0. The number of benzene rings is 3. The Morgan fingerprint density at radius 3 is 2.53 bits per heavy atom. The molecule has 2 amide bonds. The molecule has 4 aromatic rings. The fourth-order valence-corrected chi connectivity index (χ4v) is 6.61. The van der Waals surface area contributed by atoms with Crippen LogP contribution in [0.3, 0.4) is 0 Å². The molecule has 6 rings (SSSR count). The molecule has 1 atom stereocenters. The van der Waals surface area contributed by atoms with Crippen molar-refractivity contribution >= 4 is 49.7 Å². The quantitative estimate of drug-likeness (QED) is 0.290. The number of sulfone groups is 1. The van der Waals surface area contributed by atoms with Crippen LogP contribution in [0.2, 0.25) is 0 Å². The normalized spacial score (nSPS) is 17.7. The molecule has 2 fully saturated rings. The van der Waals surface area contributed by atoms with Crippen molar-refractivity contribution < 1.29 is 27.1 Å². The number of likely N-dealkylation sites (N-methyl/N-ethyl adjacent to an activating group) is 1. The van der Waals surface area contributed by atoms with Crippen LogP contribution in [0, 0.1) is 5.82 Å². The molecule has 3 aromatic carbocycles. The van der Waals surface area contributed by atoms with Crippen molar-refractivity contribution in [3.05, 3.63) is 72.0 Å². The summed E-state index contributed by atoms with van der Waals surface area (Å²) in [5, 5.41) is 13.0. The Hall–Kier alpha value is -4.33. The van der Waals surface area contributed by atoms with Crippen molar-refractivity contribution in [1.29, 1.82) is 0 Å². The third-order valence-electron chi connectivity index (χ3n) is 7.78. The molecule has 0 aliphatic carbocycles. The summed E-state index contributed by atoms with van der Waals surface area (Å²) in [5.41, 5.74) is 1.92. The Balaban J connectivity index is 1.30. The summed E-state index contributed by atoms with van der Waals surface area (Å²) in [6.45, 7) is 3.91. The van der Waals surface area contributed by atoms with Gasteiger partial charge in [0.05, 0.1) is 26.6 Å². The molecular weight excluding hydrogens is 575 g/mol. The molecule has 11 nitrogen and oxygen atoms in total. The Labute approximate surface area is 247 Å². The maximum atomic E-state index is 13.8. The van der Waals surface area contributed by atoms with E-state index < -0.39 is 27.7 Å². The van der Waals surface area contributed by atoms with Crippen LogP contribution in [0.1, 0.15) is 23.2 Å². The number of fused-ring (bicyclic) bond motifs is 1. The molecule has 0 saturated carbocycles. The van der Waals surface area contributed by atoms with Gasteiger partial charge in [0.25, 0.3) is 11.8 Å². The summed E-state index contributed by atoms with van der Waals surface area (Å²) in [7, 11) is -1.97. The van der Waals surface area contributed by atoms with E-state index in [0.29, 0.717) is 29.6 Å². The Morgan fingerprint density at radius 1 is 1.00 bits per heavy atom. The number of anilines is 3. The summed E-state index contributed by atoms with van der Waals surface area (Å²) in [6, 6.07) is 14.4. The van der Waals surface area contributed by atoms with E-state index >= 15 is 0 Å². The van der Waals surface area contributed by atoms with Crippen LogP contribution < -0.4 is 15.5 Å². The van der Waals surface area contributed by atoms with E-state index in [1.807, 2.05) is 6.07 Å². The van der Waals surface area contributed by atoms with Crippen LogP contribution in [-0.2, 0) is 19.4 Å². The Morgan fingerprint density at radius 2 is 1.79 bits per heavy atom. The number of amides is 2. The molecule has 0 bridgehead atoms. The number of halogens is 1. The largest absolute Gasteiger partial charge is 0.369 e. The second-order valence-corrected chi connectivity index (χ2v) is 12.7. The predicted octanol–water partition coefficient (Wildman–Crippen LogP) is 3.66. The first-order valence-electron chi connectivity index (χ1n) is 14.0. The van der Waals surface area contributed by atoms with Crippen LogP contribution in [0.4, 0.5) is 21.6 Å². The third-order valence-corrected chi connectivity index (χ3v) is 9.53. The molecule has 2 aliphatic heterocycles. The topological polar surface area (TPSA) is 137 Å². The fourth-order valence-electron chi connectivity index (χ4n) is 5.29. The highest BCUT2D eigenvalue weighted by molar-refractivity contribution is 7.91. The molecule has 3 heterocycles. The lowest BCUT2D eigenvalue weighted by atomic mass is 10.1. The van der Waals surface area contributed by atoms with Crippen molar-refractivity contribution in [2.45, 2.75) is 28.7 Å². The summed E-state index contributed by atoms with van der Waals surface area (Å²) in [5.74, 6) is -1.42. The van der Waals surface area contributed by atoms with Gasteiger partial charge in [0.1, 0.15) is 11.9 Å². The van der Waals surface area contributed by atoms with Crippen LogP contribution in [0.25, 0.3) is 10.9 Å². The molecule has 0 radical (unpaired) electrons. The van der Waals surface area contributed by atoms with Gasteiger partial charge >= 0.3 is 0 Å². The molecule has 2 saturated heterocycles. The number of carbonyl (C=O) groups excluding carboxylic acids is 2. The van der Waals surface area contributed by atoms with E-state index in [-0.39, 0.29) is 27.1 Å². The van der Waals surface area contributed by atoms with Crippen molar-refractivity contribution in [1.82, 2.24) is 15.1 Å². The first-order chi connectivity index (χ1) is 20.7. The van der Waals surface area contributed by atoms with E-state index in [0.717, 1.165) is 44.4 Å². The molecule has 1 aromatic heterocycles. The second-order valence-electron chi connectivity index (χ2n) is 10.7. The van der Waals surface area contributed by atoms with Crippen LogP contribution in [0.5, 0.6) is 0 Å². The Kier molecular flexibility index (Phi) is 7.86. The number of aromatic nitrogens is 2. The predicted molar refractivity (Wildman–Crippen MR) is 160 cm³/mol. The second kappa shape index (κ2) is 11.7. The number of carbonyl (C=O) groups is 2. The van der Waals surface area contributed by atoms with Gasteiger partial charge in [0, 0.05) is 43.9 Å². The van der Waals surface area contributed by atoms with E-state index in [4.69, 9.17) is 4.74 Å². The minimum atomic E-state index is -4.04. The molecule has 13 heteroatoms. The highest BCUT2D eigenvalue weighted by Crippen LogP contribution is 2.30. The number of hydrogen-bond acceptors (Lipinski definition) is 8. The number of ether oxygens (including phenoxy) is 1. The summed E-state index contributed by atoms with van der Waals surface area (Å²) in [4.78, 5) is 30.8. The van der Waals surface area contributed by atoms with Gasteiger partial charge < -0.3 is 25.2 Å². The van der Waals surface area contributed by atoms with Gasteiger partial charge in [0.2, 0.25) is 9.84 Å². The van der Waals surface area contributed by atoms with E-state index in [2.05, 4.69) is 37.7 Å². The van der Waals surface area contributed by atoms with Crippen LogP contribution in [0.15, 0.2) is 70.5 Å². The monoisotopic (exact) mass is 606 g/mol. The minimum absolute atomic E-state index is 0.0801. The lowest BCUT2D eigenvalue weighted by Gasteiger charge is -2.34. The van der Waals surface area contributed by atoms with E-state index in [1.54, 1.807) is 12.1 Å². The smallest absolute Gasteiger partial charge is 0.258 e. The maximum Gasteiger partial charge on any atom is 0.258 e. The lowest BCUT2D eigenvalue weighted by Crippen LogP contribution is -2.44. The van der Waals surface area contributed by atoms with Crippen molar-refractivity contribution in [3.8, 4) is 0 Å². The van der Waals surface area contributed by atoms with Crippen molar-refractivity contribution in [2.24, 2.45) is 0 Å². The number of H-pyrrole nitrogens is 1. The van der Waals surface area contributed by atoms with Gasteiger partial charge in [-0.1, -0.05) is 6.07 Å². The zero-order valence-corrected chi connectivity index (χ0v) is 24.3. The van der Waals surface area contributed by atoms with E-state index in [9.17, 15) is 22.4 Å². The number of piperazine rings is 1. The zero-order valence-electron chi connectivity index (χ0n) is 23.5. The molecule has 3 N–H and O–H groups in total. The Bertz CT molecular complexity index is 1800. The molecular formula is C30H31FN6O5S. The average molecular weight is 607 g/mol. The summed E-state index contributed by atoms with van der Waals surface area (Å²) in [6.07, 6.45) is 0.804. The van der Waals surface area contributed by atoms with Gasteiger partial charge in [-0.2, -0.15) is 5.10 Å². The van der Waals surface area contributed by atoms with Gasteiger partial charge in [-0.05, 0) is 74.5 Å². The number of aromatic amines is 1. The van der Waals surface area contributed by atoms with Crippen LogP contribution in [-0.4, -0.2) is 81.3 Å². The maximum absolute atomic E-state index is 13.8. The molecule has 0 unspecified atom stereocenters. The van der Waals surface area contributed by atoms with Crippen LogP contribution >= 0.6 is 0 Å². The van der Waals surface area contributed by atoms with E-state index in [1.165, 1.54) is 36.4 Å². The highest BCUT2D eigenvalue weighted by Gasteiger charge is 2.27. The third kappa shape index (κ3) is 5.96. The average Bonchev–Trinajstić information content (AvgIpc) is 3.68. The zero-order chi connectivity index (χ0) is 30.1. The first-order valence-corrected chi connectivity index (χ1v) is 15.5. The first kappa shape index (κ1) is 28.8. The standard InChI is InChI=1S/C30H31FN6O5S/c1-36-11-13-37(14-12-36)20-7-9-23(26(17-20)32-30(39)27-6-3-15-42-27)29(38)33-28-24-18-22(8-10-25(24)34-35-28)43(40,41)21-5-2-4-19(31)16-21/h2,4-5,7-10,16-18,27H,3,6,11-15H2,1H3,(H,32,39)(H2,33,34,35,38)/t27-/m0/s1. The number of nitrogens with zero attached hydrogens (tertiary/aromatic N) is 3. The van der Waals surface area contributed by atoms with Gasteiger partial charge in [-0.3, -0.25) is 14.7 Å². The van der Waals surface area contributed by atoms with Gasteiger partial charge in [-0.15, -0.1) is 0 Å². The molecule has 43 heavy (non-hydrogen) atoms. The number of hydrogen-bond donors (Lipinski definition) is 3. The number of nitrogens with one attached hydrogen (secondary N) is 3. The molecule has 224 valence electrons. The van der Waals surface area contributed by atoms with Gasteiger partial charge in [0.15, 0.2) is 5.82 Å². The lowest BCUT2D eigenvalue weighted by molar-refractivity contribution is -0.124. The molecule has 2 aliphatic rings. The SMILES string of the molecule is CN1CCN(c2ccc(C(=O)Nc3n[nH]c4ccc(S(=O)(=O)c5cccc(F)c5)cc34)c(NC(=O)[C@@H]3CCCO3)c2)CC1. The highest BCUT2D eigenvalue weighted by atomic mass is 32.2. The van der Waals surface area contributed by atoms with Gasteiger partial charge in [-0.25, -0.2) is 12.8 Å². The van der Waals surface area contributed by atoms with Crippen molar-refractivity contribution in [2.75, 3.05) is 55.4 Å². The van der Waals surface area contributed by atoms with Crippen molar-refractivity contribution in [3.63, 3.8) is 0 Å².